The van der Waals surface area contributed by atoms with Crippen LogP contribution in [0, 0.1) is 17.6 Å². The number of carbonyl (C=O) groups excluding carboxylic acids is 2. The molecular formula is C19H15N3O3S. The van der Waals surface area contributed by atoms with E-state index in [0.29, 0.717) is 11.3 Å². The smallest absolute Gasteiger partial charge is 0.340 e. The molecule has 1 aromatic heterocycles. The number of H-pyrrole nitrogens is 1. The molecule has 3 aromatic rings. The van der Waals surface area contributed by atoms with E-state index < -0.39 is 11.9 Å². The first-order chi connectivity index (χ1) is 12.6. The summed E-state index contributed by atoms with van der Waals surface area (Å²) in [6.45, 7) is 1.45. The number of aryl methyl sites for hydroxylation is 1. The number of benzene rings is 2. The van der Waals surface area contributed by atoms with Gasteiger partial charge in [-0.25, -0.2) is 4.79 Å². The van der Waals surface area contributed by atoms with Crippen molar-refractivity contribution in [1.29, 1.82) is 5.26 Å². The minimum absolute atomic E-state index is 0.382. The van der Waals surface area contributed by atoms with Gasteiger partial charge in [0.15, 0.2) is 6.61 Å². The van der Waals surface area contributed by atoms with E-state index in [1.807, 2.05) is 36.6 Å². The summed E-state index contributed by atoms with van der Waals surface area (Å²) in [5.41, 5.74) is 2.65. The van der Waals surface area contributed by atoms with Crippen LogP contribution in [0.3, 0.4) is 0 Å². The van der Waals surface area contributed by atoms with Crippen molar-refractivity contribution in [2.24, 2.45) is 0 Å². The van der Waals surface area contributed by atoms with Gasteiger partial charge in [0.2, 0.25) is 0 Å². The molecule has 0 saturated heterocycles. The second kappa shape index (κ2) is 7.76. The van der Waals surface area contributed by atoms with Crippen LogP contribution in [0.25, 0.3) is 10.9 Å². The van der Waals surface area contributed by atoms with E-state index >= 15 is 0 Å². The van der Waals surface area contributed by atoms with E-state index in [1.54, 1.807) is 24.4 Å². The number of anilines is 1. The van der Waals surface area contributed by atoms with Gasteiger partial charge >= 0.3 is 5.97 Å². The van der Waals surface area contributed by atoms with E-state index in [0.717, 1.165) is 33.1 Å². The molecular weight excluding hydrogens is 350 g/mol. The van der Waals surface area contributed by atoms with Gasteiger partial charge in [-0.3, -0.25) is 4.79 Å². The Morgan fingerprint density at radius 2 is 2.08 bits per heavy atom. The molecule has 0 bridgehead atoms. The van der Waals surface area contributed by atoms with Crippen molar-refractivity contribution in [2.75, 3.05) is 11.9 Å². The number of thiocyanates is 1. The number of nitrogens with zero attached hydrogens (tertiary/aromatic N) is 1. The van der Waals surface area contributed by atoms with Gasteiger partial charge in [0.05, 0.1) is 5.56 Å². The number of aromatic nitrogens is 1. The minimum atomic E-state index is -0.560. The average Bonchev–Trinajstić information content (AvgIpc) is 3.06. The first kappa shape index (κ1) is 17.6. The Morgan fingerprint density at radius 3 is 2.85 bits per heavy atom. The van der Waals surface area contributed by atoms with Crippen LogP contribution in [0.1, 0.15) is 15.9 Å². The van der Waals surface area contributed by atoms with E-state index in [9.17, 15) is 9.59 Å². The molecule has 0 aliphatic carbocycles. The Morgan fingerprint density at radius 1 is 1.27 bits per heavy atom. The molecule has 0 aliphatic rings. The van der Waals surface area contributed by atoms with Gasteiger partial charge < -0.3 is 15.0 Å². The summed E-state index contributed by atoms with van der Waals surface area (Å²) in [6.07, 6.45) is 1.57. The van der Waals surface area contributed by atoms with Gasteiger partial charge in [-0.15, -0.1) is 0 Å². The lowest BCUT2D eigenvalue weighted by atomic mass is 10.2. The van der Waals surface area contributed by atoms with Crippen LogP contribution in [0.15, 0.2) is 53.6 Å². The van der Waals surface area contributed by atoms with Gasteiger partial charge in [-0.05, 0) is 48.5 Å². The summed E-state index contributed by atoms with van der Waals surface area (Å²) in [5.74, 6) is -0.989. The molecule has 0 aliphatic heterocycles. The minimum Gasteiger partial charge on any atom is -0.452 e. The van der Waals surface area contributed by atoms with Crippen molar-refractivity contribution >= 4 is 40.2 Å². The maximum Gasteiger partial charge on any atom is 0.340 e. The third-order valence-electron chi connectivity index (χ3n) is 3.78. The molecule has 0 atom stereocenters. The lowest BCUT2D eigenvalue weighted by molar-refractivity contribution is -0.119. The summed E-state index contributed by atoms with van der Waals surface area (Å²) in [7, 11) is 0. The number of para-hydroxylation sites is 1. The Balaban J connectivity index is 1.60. The molecule has 3 rings (SSSR count). The zero-order valence-corrected chi connectivity index (χ0v) is 14.7. The Kier molecular flexibility index (Phi) is 5.25. The number of ether oxygens (including phenoxy) is 1. The molecule has 0 fully saturated rings. The maximum absolute atomic E-state index is 12.2. The second-order valence-corrected chi connectivity index (χ2v) is 6.40. The summed E-state index contributed by atoms with van der Waals surface area (Å²) in [5, 5.41) is 14.1. The maximum atomic E-state index is 12.2. The zero-order chi connectivity index (χ0) is 18.5. The fraction of sp³-hybridized carbons (Fsp3) is 0.105. The highest BCUT2D eigenvalue weighted by Gasteiger charge is 2.15. The van der Waals surface area contributed by atoms with Crippen molar-refractivity contribution < 1.29 is 14.3 Å². The standard InChI is InChI=1S/C19H15N3O3S/c1-12-8-13(26-11-20)6-7-16(12)22-18(23)10-25-19(24)15-9-21-17-5-3-2-4-14(15)17/h2-9,21H,10H2,1H3,(H,22,23). The summed E-state index contributed by atoms with van der Waals surface area (Å²) in [4.78, 5) is 28.1. The van der Waals surface area contributed by atoms with Gasteiger partial charge in [0.25, 0.3) is 5.91 Å². The number of amides is 1. The molecule has 6 nitrogen and oxygen atoms in total. The third-order valence-corrected chi connectivity index (χ3v) is 4.36. The van der Waals surface area contributed by atoms with Gasteiger partial charge in [0, 0.05) is 27.7 Å². The highest BCUT2D eigenvalue weighted by atomic mass is 32.2. The highest BCUT2D eigenvalue weighted by molar-refractivity contribution is 8.03. The monoisotopic (exact) mass is 365 g/mol. The lowest BCUT2D eigenvalue weighted by Crippen LogP contribution is -2.21. The number of aromatic amines is 1. The quantitative estimate of drug-likeness (QED) is 0.407. The number of nitrogens with one attached hydrogen (secondary N) is 2. The summed E-state index contributed by atoms with van der Waals surface area (Å²) in [6, 6.07) is 12.6. The number of hydrogen-bond acceptors (Lipinski definition) is 5. The zero-order valence-electron chi connectivity index (χ0n) is 13.9. The van der Waals surface area contributed by atoms with Crippen molar-refractivity contribution in [3.05, 3.63) is 59.8 Å². The largest absolute Gasteiger partial charge is 0.452 e. The van der Waals surface area contributed by atoms with Crippen LogP contribution < -0.4 is 5.32 Å². The van der Waals surface area contributed by atoms with Crippen LogP contribution in [0.2, 0.25) is 0 Å². The van der Waals surface area contributed by atoms with Crippen LogP contribution in [0.5, 0.6) is 0 Å². The molecule has 0 saturated carbocycles. The van der Waals surface area contributed by atoms with E-state index in [4.69, 9.17) is 10.00 Å². The van der Waals surface area contributed by atoms with Crippen LogP contribution in [-0.2, 0) is 9.53 Å². The van der Waals surface area contributed by atoms with Gasteiger partial charge in [-0.2, -0.15) is 5.26 Å². The lowest BCUT2D eigenvalue weighted by Gasteiger charge is -2.09. The topological polar surface area (TPSA) is 95.0 Å². The van der Waals surface area contributed by atoms with Crippen molar-refractivity contribution in [1.82, 2.24) is 4.98 Å². The van der Waals surface area contributed by atoms with Crippen molar-refractivity contribution in [2.45, 2.75) is 11.8 Å². The Bertz CT molecular complexity index is 1020. The predicted molar refractivity (Wildman–Crippen MR) is 99.9 cm³/mol. The molecule has 0 unspecified atom stereocenters. The summed E-state index contributed by atoms with van der Waals surface area (Å²) >= 11 is 1.05. The number of thioether (sulfide) groups is 1. The van der Waals surface area contributed by atoms with Crippen molar-refractivity contribution in [3.8, 4) is 5.40 Å². The van der Waals surface area contributed by atoms with Crippen molar-refractivity contribution in [3.63, 3.8) is 0 Å². The second-order valence-electron chi connectivity index (χ2n) is 5.54. The highest BCUT2D eigenvalue weighted by Crippen LogP contribution is 2.23. The van der Waals surface area contributed by atoms with Gasteiger partial charge in [-0.1, -0.05) is 18.2 Å². The Labute approximate surface area is 154 Å². The predicted octanol–water partition coefficient (Wildman–Crippen LogP) is 3.85. The van der Waals surface area contributed by atoms with Crippen LogP contribution in [-0.4, -0.2) is 23.5 Å². The van der Waals surface area contributed by atoms with E-state index in [2.05, 4.69) is 10.3 Å². The molecule has 1 amide bonds. The fourth-order valence-electron chi connectivity index (χ4n) is 2.53. The first-order valence-electron chi connectivity index (χ1n) is 7.78. The fourth-order valence-corrected chi connectivity index (χ4v) is 3.01. The molecule has 26 heavy (non-hydrogen) atoms. The first-order valence-corrected chi connectivity index (χ1v) is 8.60. The summed E-state index contributed by atoms with van der Waals surface area (Å²) < 4.78 is 5.11. The SMILES string of the molecule is Cc1cc(SC#N)ccc1NC(=O)COC(=O)c1c[nH]c2ccccc12. The molecule has 1 heterocycles. The number of esters is 1. The van der Waals surface area contributed by atoms with E-state index in [-0.39, 0.29) is 6.61 Å². The molecule has 2 N–H and O–H groups in total. The van der Waals surface area contributed by atoms with E-state index in [1.165, 1.54) is 0 Å². The number of hydrogen-bond donors (Lipinski definition) is 2. The molecule has 0 radical (unpaired) electrons. The number of carbonyl (C=O) groups is 2. The van der Waals surface area contributed by atoms with Crippen LogP contribution in [0.4, 0.5) is 5.69 Å². The number of rotatable bonds is 5. The third kappa shape index (κ3) is 3.87. The normalized spacial score (nSPS) is 10.3. The van der Waals surface area contributed by atoms with Crippen LogP contribution >= 0.6 is 11.8 Å². The van der Waals surface area contributed by atoms with Gasteiger partial charge in [0.1, 0.15) is 5.40 Å². The molecule has 130 valence electrons. The molecule has 7 heteroatoms. The molecule has 2 aromatic carbocycles. The average molecular weight is 365 g/mol. The molecule has 0 spiro atoms. The number of nitriles is 1. The number of fused-ring (bicyclic) bond motifs is 1. The Hall–Kier alpha value is -3.24.